The molecule has 12 atom stereocenters. The van der Waals surface area contributed by atoms with Gasteiger partial charge >= 0.3 is 5.97 Å². The fourth-order valence-corrected chi connectivity index (χ4v) is 9.45. The van der Waals surface area contributed by atoms with Gasteiger partial charge in [0, 0.05) is 0 Å². The molecule has 0 aromatic carbocycles. The van der Waals surface area contributed by atoms with Gasteiger partial charge in [-0.25, -0.2) is 0 Å². The first-order chi connectivity index (χ1) is 14.0. The number of aliphatic hydroxyl groups is 2. The van der Waals surface area contributed by atoms with Crippen molar-refractivity contribution in [2.24, 2.45) is 58.2 Å². The molecule has 0 heterocycles. The number of carbonyl (C=O) groups is 1. The first kappa shape index (κ1) is 25.0. The van der Waals surface area contributed by atoms with E-state index in [1.54, 1.807) is 0 Å². The molecule has 180 valence electrons. The summed E-state index contributed by atoms with van der Waals surface area (Å²) in [7, 11) is 0. The van der Waals surface area contributed by atoms with Crippen LogP contribution in [0.25, 0.3) is 0 Å². The van der Waals surface area contributed by atoms with Crippen molar-refractivity contribution in [3.8, 4) is 0 Å². The van der Waals surface area contributed by atoms with E-state index in [1.165, 1.54) is 25.7 Å². The minimum absolute atomic E-state index is 0. The van der Waals surface area contributed by atoms with Crippen LogP contribution < -0.4 is 0 Å². The van der Waals surface area contributed by atoms with Crippen molar-refractivity contribution in [2.75, 3.05) is 0 Å². The van der Waals surface area contributed by atoms with Gasteiger partial charge in [0.15, 0.2) is 0 Å². The van der Waals surface area contributed by atoms with E-state index in [4.69, 9.17) is 0 Å². The molecule has 31 heavy (non-hydrogen) atoms. The minimum atomic E-state index is -0.680. The number of hydrogen-bond donors (Lipinski definition) is 3. The zero-order valence-electron chi connectivity index (χ0n) is 19.7. The number of aliphatic hydroxyl groups excluding tert-OH is 2. The van der Waals surface area contributed by atoms with Crippen LogP contribution >= 0.6 is 0 Å². The molecule has 0 bridgehead atoms. The number of fused-ring (bicyclic) bond motifs is 5. The molecule has 0 saturated heterocycles. The Kier molecular flexibility index (Phi) is 6.97. The highest BCUT2D eigenvalue weighted by Crippen LogP contribution is 2.69. The fraction of sp³-hybridized carbons (Fsp3) is 0.963. The van der Waals surface area contributed by atoms with Crippen LogP contribution in [-0.4, -0.2) is 33.5 Å². The molecular weight excluding hydrogens is 388 g/mol. The summed E-state index contributed by atoms with van der Waals surface area (Å²) in [5.74, 6) is 2.15. The number of aliphatic carboxylic acids is 1. The van der Waals surface area contributed by atoms with Crippen molar-refractivity contribution < 1.29 is 20.1 Å². The van der Waals surface area contributed by atoms with E-state index in [-0.39, 0.29) is 42.3 Å². The predicted octanol–water partition coefficient (Wildman–Crippen LogP) is 5.61. The molecule has 0 aromatic rings. The lowest BCUT2D eigenvalue weighted by atomic mass is 9.42. The summed E-state index contributed by atoms with van der Waals surface area (Å²) in [4.78, 5) is 11.4. The van der Waals surface area contributed by atoms with Gasteiger partial charge in [-0.15, -0.1) is 0 Å². The molecule has 4 saturated carbocycles. The number of rotatable bonds is 4. The molecule has 4 rings (SSSR count). The highest BCUT2D eigenvalue weighted by atomic mass is 16.4. The molecule has 4 aliphatic rings. The summed E-state index contributed by atoms with van der Waals surface area (Å²) in [5, 5.41) is 31.3. The Morgan fingerprint density at radius 1 is 0.968 bits per heavy atom. The van der Waals surface area contributed by atoms with Gasteiger partial charge in [-0.1, -0.05) is 42.0 Å². The zero-order chi connectivity index (χ0) is 22.0. The van der Waals surface area contributed by atoms with Crippen LogP contribution in [0.1, 0.15) is 93.4 Å². The summed E-state index contributed by atoms with van der Waals surface area (Å²) in [6.07, 6.45) is 7.90. The number of carboxylic acids is 1. The Morgan fingerprint density at radius 2 is 1.58 bits per heavy atom. The van der Waals surface area contributed by atoms with E-state index in [0.717, 1.165) is 25.7 Å². The third-order valence-electron chi connectivity index (χ3n) is 11.0. The molecular formula is C27H48O4. The molecule has 0 aromatic heterocycles. The quantitative estimate of drug-likeness (QED) is 0.535. The Balaban J connectivity index is 0.00000272. The largest absolute Gasteiger partial charge is 0.481 e. The van der Waals surface area contributed by atoms with Gasteiger partial charge in [0.25, 0.3) is 0 Å². The van der Waals surface area contributed by atoms with Gasteiger partial charge in [0.2, 0.25) is 0 Å². The van der Waals surface area contributed by atoms with Crippen LogP contribution in [0.5, 0.6) is 0 Å². The van der Waals surface area contributed by atoms with Gasteiger partial charge in [-0.2, -0.15) is 0 Å². The van der Waals surface area contributed by atoms with Crippen LogP contribution in [0.15, 0.2) is 0 Å². The van der Waals surface area contributed by atoms with E-state index in [1.807, 2.05) is 6.92 Å². The zero-order valence-corrected chi connectivity index (χ0v) is 19.7. The molecule has 3 N–H and O–H groups in total. The smallest absolute Gasteiger partial charge is 0.306 e. The second-order valence-corrected chi connectivity index (χ2v) is 12.4. The van der Waals surface area contributed by atoms with E-state index < -0.39 is 5.97 Å². The van der Waals surface area contributed by atoms with Gasteiger partial charge in [0.05, 0.1) is 18.1 Å². The van der Waals surface area contributed by atoms with E-state index in [0.29, 0.717) is 35.5 Å². The fourth-order valence-electron chi connectivity index (χ4n) is 9.45. The Morgan fingerprint density at radius 3 is 2.23 bits per heavy atom. The van der Waals surface area contributed by atoms with Crippen molar-refractivity contribution in [3.05, 3.63) is 0 Å². The van der Waals surface area contributed by atoms with Crippen molar-refractivity contribution in [1.82, 2.24) is 0 Å². The van der Waals surface area contributed by atoms with Crippen LogP contribution in [0.3, 0.4) is 0 Å². The summed E-state index contributed by atoms with van der Waals surface area (Å²) in [6.45, 7) is 11.3. The lowest BCUT2D eigenvalue weighted by molar-refractivity contribution is -0.199. The van der Waals surface area contributed by atoms with Crippen LogP contribution in [-0.2, 0) is 4.79 Å². The van der Waals surface area contributed by atoms with Crippen LogP contribution in [0, 0.1) is 58.2 Å². The third kappa shape index (κ3) is 3.78. The Labute approximate surface area is 190 Å². The number of hydrogen-bond acceptors (Lipinski definition) is 3. The first-order valence-electron chi connectivity index (χ1n) is 12.6. The van der Waals surface area contributed by atoms with Crippen molar-refractivity contribution >= 4 is 5.97 Å². The Hall–Kier alpha value is -0.610. The van der Waals surface area contributed by atoms with Gasteiger partial charge < -0.3 is 15.3 Å². The molecule has 0 spiro atoms. The lowest BCUT2D eigenvalue weighted by Gasteiger charge is -2.64. The van der Waals surface area contributed by atoms with Gasteiger partial charge in [-0.05, 0) is 104 Å². The average Bonchev–Trinajstić information content (AvgIpc) is 3.04. The van der Waals surface area contributed by atoms with Crippen LogP contribution in [0.2, 0.25) is 0 Å². The topological polar surface area (TPSA) is 77.8 Å². The molecule has 4 heteroatoms. The monoisotopic (exact) mass is 436 g/mol. The lowest BCUT2D eigenvalue weighted by Crippen LogP contribution is -2.61. The second kappa shape index (κ2) is 8.63. The highest BCUT2D eigenvalue weighted by Gasteiger charge is 2.64. The second-order valence-electron chi connectivity index (χ2n) is 12.4. The van der Waals surface area contributed by atoms with Crippen molar-refractivity contribution in [2.45, 2.75) is 106 Å². The van der Waals surface area contributed by atoms with E-state index in [2.05, 4.69) is 27.7 Å². The number of carboxylic acid groups (broad SMARTS) is 1. The molecule has 4 unspecified atom stereocenters. The van der Waals surface area contributed by atoms with E-state index >= 15 is 0 Å². The summed E-state index contributed by atoms with van der Waals surface area (Å²) >= 11 is 0. The van der Waals surface area contributed by atoms with E-state index in [9.17, 15) is 20.1 Å². The summed E-state index contributed by atoms with van der Waals surface area (Å²) in [5.41, 5.74) is 0.461. The summed E-state index contributed by atoms with van der Waals surface area (Å²) < 4.78 is 0. The molecule has 0 aliphatic heterocycles. The maximum absolute atomic E-state index is 11.6. The SMILES string of the molecule is C.CC(C[C@@H](C)[C@H]1CCC2C3C(CC[C@@]21C)[C@@]1(C)CC[C@@H](O)C[C@H]1[C@@H](C)[C@H]3O)C(=O)O. The average molecular weight is 437 g/mol. The molecule has 4 fully saturated rings. The molecule has 4 aliphatic carbocycles. The standard InChI is InChI=1S/C26H44O4.CH4/c1-14(12-15(2)24(29)30)18-6-7-19-22-20(9-11-25(18,19)4)26(5)10-8-17(27)13-21(26)16(3)23(22)28;/h14-23,27-28H,6-13H2,1-5H3,(H,29,30);1H4/t14-,15?,16-,17-,18-,19?,20?,21+,22?,23-,25-,26-;/m1./s1. The minimum Gasteiger partial charge on any atom is -0.481 e. The maximum Gasteiger partial charge on any atom is 0.306 e. The molecule has 0 amide bonds. The van der Waals surface area contributed by atoms with Crippen LogP contribution in [0.4, 0.5) is 0 Å². The third-order valence-corrected chi connectivity index (χ3v) is 11.0. The molecule has 4 nitrogen and oxygen atoms in total. The highest BCUT2D eigenvalue weighted by molar-refractivity contribution is 5.69. The van der Waals surface area contributed by atoms with Crippen molar-refractivity contribution in [3.63, 3.8) is 0 Å². The first-order valence-corrected chi connectivity index (χ1v) is 12.6. The maximum atomic E-state index is 11.6. The predicted molar refractivity (Wildman–Crippen MR) is 124 cm³/mol. The summed E-state index contributed by atoms with van der Waals surface area (Å²) in [6, 6.07) is 0. The van der Waals surface area contributed by atoms with Gasteiger partial charge in [-0.3, -0.25) is 4.79 Å². The molecule has 0 radical (unpaired) electrons. The van der Waals surface area contributed by atoms with Gasteiger partial charge in [0.1, 0.15) is 0 Å². The Bertz CT molecular complexity index is 664. The van der Waals surface area contributed by atoms with Crippen molar-refractivity contribution in [1.29, 1.82) is 0 Å². The normalized spacial score (nSPS) is 50.9.